The minimum atomic E-state index is -0.863. The Labute approximate surface area is 128 Å². The Hall–Kier alpha value is -1.58. The molecule has 21 heavy (non-hydrogen) atoms. The summed E-state index contributed by atoms with van der Waals surface area (Å²) in [6, 6.07) is 0. The summed E-state index contributed by atoms with van der Waals surface area (Å²) >= 11 is 0. The molecule has 0 saturated carbocycles. The fourth-order valence-corrected chi connectivity index (χ4v) is 1.62. The van der Waals surface area contributed by atoms with E-state index in [-0.39, 0.29) is 11.1 Å². The average molecular weight is 296 g/mol. The van der Waals surface area contributed by atoms with Crippen LogP contribution in [-0.2, 0) is 19.1 Å². The molecule has 0 N–H and O–H groups in total. The SMILES string of the molecule is C=C(C)C(=O)OC(CCCCCC(C)C)OC(=O)C(=C)C. The summed E-state index contributed by atoms with van der Waals surface area (Å²) in [6.07, 6.45) is 3.77. The zero-order chi connectivity index (χ0) is 16.4. The van der Waals surface area contributed by atoms with Gasteiger partial charge in [-0.25, -0.2) is 9.59 Å². The van der Waals surface area contributed by atoms with E-state index in [9.17, 15) is 9.59 Å². The van der Waals surface area contributed by atoms with Crippen molar-refractivity contribution < 1.29 is 19.1 Å². The van der Waals surface area contributed by atoms with Gasteiger partial charge in [0, 0.05) is 17.6 Å². The summed E-state index contributed by atoms with van der Waals surface area (Å²) in [5.41, 5.74) is 0.567. The van der Waals surface area contributed by atoms with Crippen LogP contribution in [0.3, 0.4) is 0 Å². The number of hydrogen-bond acceptors (Lipinski definition) is 4. The van der Waals surface area contributed by atoms with Crippen molar-refractivity contribution in [1.82, 2.24) is 0 Å². The molecule has 0 unspecified atom stereocenters. The van der Waals surface area contributed by atoms with Gasteiger partial charge in [0.1, 0.15) is 0 Å². The second kappa shape index (κ2) is 10.2. The molecule has 120 valence electrons. The second-order valence-corrected chi connectivity index (χ2v) is 5.83. The molecule has 0 aliphatic rings. The van der Waals surface area contributed by atoms with Crippen LogP contribution in [0.4, 0.5) is 0 Å². The van der Waals surface area contributed by atoms with E-state index in [0.29, 0.717) is 12.3 Å². The van der Waals surface area contributed by atoms with Crippen LogP contribution in [0.1, 0.15) is 59.8 Å². The molecule has 0 heterocycles. The molecule has 4 heteroatoms. The van der Waals surface area contributed by atoms with Crippen molar-refractivity contribution in [3.8, 4) is 0 Å². The minimum absolute atomic E-state index is 0.284. The largest absolute Gasteiger partial charge is 0.422 e. The molecular weight excluding hydrogens is 268 g/mol. The molecule has 0 atom stereocenters. The van der Waals surface area contributed by atoms with Gasteiger partial charge in [0.15, 0.2) is 0 Å². The number of carbonyl (C=O) groups excluding carboxylic acids is 2. The van der Waals surface area contributed by atoms with Crippen LogP contribution in [0.2, 0.25) is 0 Å². The summed E-state index contributed by atoms with van der Waals surface area (Å²) in [4.78, 5) is 23.1. The topological polar surface area (TPSA) is 52.6 Å². The predicted octanol–water partition coefficient (Wildman–Crippen LogP) is 4.16. The molecule has 0 amide bonds. The maximum atomic E-state index is 11.5. The number of esters is 2. The molecule has 4 nitrogen and oxygen atoms in total. The smallest absolute Gasteiger partial charge is 0.336 e. The Morgan fingerprint density at radius 2 is 1.29 bits per heavy atom. The standard InChI is InChI=1S/C17H28O4/c1-12(2)10-8-7-9-11-15(20-16(18)13(3)4)21-17(19)14(5)6/h12,15H,3,5,7-11H2,1-2,4,6H3. The first-order chi connectivity index (χ1) is 9.73. The maximum Gasteiger partial charge on any atom is 0.336 e. The van der Waals surface area contributed by atoms with E-state index in [0.717, 1.165) is 19.3 Å². The van der Waals surface area contributed by atoms with Crippen LogP contribution in [-0.4, -0.2) is 18.2 Å². The Bertz CT molecular complexity index is 354. The first-order valence-corrected chi connectivity index (χ1v) is 7.47. The van der Waals surface area contributed by atoms with Crippen LogP contribution in [0.25, 0.3) is 0 Å². The van der Waals surface area contributed by atoms with Crippen molar-refractivity contribution in [3.05, 3.63) is 24.3 Å². The van der Waals surface area contributed by atoms with E-state index in [1.165, 1.54) is 6.42 Å². The van der Waals surface area contributed by atoms with Crippen molar-refractivity contribution in [1.29, 1.82) is 0 Å². The van der Waals surface area contributed by atoms with E-state index in [1.54, 1.807) is 13.8 Å². The first kappa shape index (κ1) is 19.4. The third kappa shape index (κ3) is 9.88. The lowest BCUT2D eigenvalue weighted by atomic mass is 10.0. The number of ether oxygens (including phenoxy) is 2. The number of carbonyl (C=O) groups is 2. The zero-order valence-corrected chi connectivity index (χ0v) is 13.7. The summed E-state index contributed by atoms with van der Waals surface area (Å²) < 4.78 is 10.3. The maximum absolute atomic E-state index is 11.5. The second-order valence-electron chi connectivity index (χ2n) is 5.83. The Kier molecular flexibility index (Phi) is 9.42. The number of rotatable bonds is 10. The van der Waals surface area contributed by atoms with Crippen LogP contribution < -0.4 is 0 Å². The molecule has 0 bridgehead atoms. The highest BCUT2D eigenvalue weighted by atomic mass is 16.7. The summed E-state index contributed by atoms with van der Waals surface area (Å²) in [5.74, 6) is -0.406. The minimum Gasteiger partial charge on any atom is -0.422 e. The summed E-state index contributed by atoms with van der Waals surface area (Å²) in [6.45, 7) is 14.5. The molecule has 0 saturated heterocycles. The fraction of sp³-hybridized carbons (Fsp3) is 0.647. The van der Waals surface area contributed by atoms with Gasteiger partial charge in [-0.2, -0.15) is 0 Å². The summed E-state index contributed by atoms with van der Waals surface area (Å²) in [5, 5.41) is 0. The van der Waals surface area contributed by atoms with Crippen molar-refractivity contribution in [3.63, 3.8) is 0 Å². The molecule has 0 aromatic rings. The third-order valence-electron chi connectivity index (χ3n) is 2.90. The van der Waals surface area contributed by atoms with Crippen molar-refractivity contribution in [2.24, 2.45) is 5.92 Å². The molecular formula is C17H28O4. The normalized spacial score (nSPS) is 10.6. The monoisotopic (exact) mass is 296 g/mol. The Morgan fingerprint density at radius 3 is 1.67 bits per heavy atom. The lowest BCUT2D eigenvalue weighted by Gasteiger charge is -2.18. The predicted molar refractivity (Wildman–Crippen MR) is 83.5 cm³/mol. The fourth-order valence-electron chi connectivity index (χ4n) is 1.62. The third-order valence-corrected chi connectivity index (χ3v) is 2.90. The summed E-state index contributed by atoms with van der Waals surface area (Å²) in [7, 11) is 0. The zero-order valence-electron chi connectivity index (χ0n) is 13.7. The van der Waals surface area contributed by atoms with Gasteiger partial charge in [-0.15, -0.1) is 0 Å². The van der Waals surface area contributed by atoms with Gasteiger partial charge >= 0.3 is 11.9 Å². The molecule has 0 aromatic heterocycles. The van der Waals surface area contributed by atoms with Crippen molar-refractivity contribution in [2.45, 2.75) is 66.1 Å². The van der Waals surface area contributed by atoms with E-state index in [1.807, 2.05) is 0 Å². The van der Waals surface area contributed by atoms with Crippen LogP contribution in [0, 0.1) is 5.92 Å². The first-order valence-electron chi connectivity index (χ1n) is 7.47. The van der Waals surface area contributed by atoms with Crippen LogP contribution in [0.5, 0.6) is 0 Å². The lowest BCUT2D eigenvalue weighted by Crippen LogP contribution is -2.25. The average Bonchev–Trinajstić information content (AvgIpc) is 2.37. The molecule has 0 aliphatic heterocycles. The quantitative estimate of drug-likeness (QED) is 0.263. The highest BCUT2D eigenvalue weighted by molar-refractivity contribution is 5.88. The van der Waals surface area contributed by atoms with Gasteiger partial charge in [0.25, 0.3) is 0 Å². The molecule has 0 aromatic carbocycles. The van der Waals surface area contributed by atoms with Gasteiger partial charge < -0.3 is 9.47 Å². The Morgan fingerprint density at radius 1 is 0.857 bits per heavy atom. The van der Waals surface area contributed by atoms with Crippen molar-refractivity contribution in [2.75, 3.05) is 0 Å². The van der Waals surface area contributed by atoms with E-state index >= 15 is 0 Å². The highest BCUT2D eigenvalue weighted by Crippen LogP contribution is 2.14. The molecule has 0 aliphatic carbocycles. The van der Waals surface area contributed by atoms with Crippen LogP contribution >= 0.6 is 0 Å². The highest BCUT2D eigenvalue weighted by Gasteiger charge is 2.19. The molecule has 0 spiro atoms. The van der Waals surface area contributed by atoms with Gasteiger partial charge in [-0.1, -0.05) is 46.3 Å². The number of hydrogen-bond donors (Lipinski definition) is 0. The van der Waals surface area contributed by atoms with E-state index in [4.69, 9.17) is 9.47 Å². The Balaban J connectivity index is 4.31. The van der Waals surface area contributed by atoms with E-state index in [2.05, 4.69) is 27.0 Å². The van der Waals surface area contributed by atoms with Gasteiger partial charge in [-0.05, 0) is 26.2 Å². The van der Waals surface area contributed by atoms with Gasteiger partial charge in [0.05, 0.1) is 0 Å². The van der Waals surface area contributed by atoms with Crippen LogP contribution in [0.15, 0.2) is 24.3 Å². The van der Waals surface area contributed by atoms with Gasteiger partial charge in [0.2, 0.25) is 6.29 Å². The van der Waals surface area contributed by atoms with Gasteiger partial charge in [-0.3, -0.25) is 0 Å². The van der Waals surface area contributed by atoms with E-state index < -0.39 is 18.2 Å². The molecule has 0 fully saturated rings. The lowest BCUT2D eigenvalue weighted by molar-refractivity contribution is -0.183. The van der Waals surface area contributed by atoms with Crippen molar-refractivity contribution >= 4 is 11.9 Å². The number of unbranched alkanes of at least 4 members (excludes halogenated alkanes) is 2. The molecule has 0 rings (SSSR count). The molecule has 0 radical (unpaired) electrons.